The fourth-order valence-corrected chi connectivity index (χ4v) is 9.73. The SMILES string of the molecule is CCCCCCCCCCCCCCCCCCCCCC/C=C/C(O)C(COC1OC(CO)C(O)C(OS(=O)(=O)O)C1O)NC(=O)CCCCCCCCCCCCCCCCCCCC. The molecule has 0 aromatic heterocycles. The van der Waals surface area contributed by atoms with Crippen LogP contribution in [0, 0.1) is 0 Å². The highest BCUT2D eigenvalue weighted by Crippen LogP contribution is 2.26. The Kier molecular flexibility index (Phi) is 42.7. The summed E-state index contributed by atoms with van der Waals surface area (Å²) >= 11 is 0. The molecule has 1 fully saturated rings. The van der Waals surface area contributed by atoms with Gasteiger partial charge in [-0.2, -0.15) is 8.42 Å². The van der Waals surface area contributed by atoms with E-state index >= 15 is 0 Å². The Balaban J connectivity index is 2.40. The Hall–Kier alpha value is -1.16. The molecule has 6 N–H and O–H groups in total. The molecule has 0 bridgehead atoms. The van der Waals surface area contributed by atoms with Crippen LogP contribution in [0.1, 0.15) is 271 Å². The number of hydrogen-bond acceptors (Lipinski definition) is 10. The molecule has 1 aliphatic rings. The maximum absolute atomic E-state index is 13.1. The van der Waals surface area contributed by atoms with Crippen LogP contribution >= 0.6 is 0 Å². The number of unbranched alkanes of at least 4 members (excludes halogenated alkanes) is 37. The monoisotopic (exact) mass is 976 g/mol. The number of amides is 1. The van der Waals surface area contributed by atoms with Gasteiger partial charge in [-0.05, 0) is 19.3 Å². The highest BCUT2D eigenvalue weighted by Gasteiger charge is 2.48. The van der Waals surface area contributed by atoms with Crippen LogP contribution in [-0.4, -0.2) is 95.4 Å². The van der Waals surface area contributed by atoms with Gasteiger partial charge in [0.15, 0.2) is 6.29 Å². The number of nitrogens with one attached hydrogen (secondary N) is 1. The number of rotatable bonds is 49. The Bertz CT molecular complexity index is 1240. The second-order valence-electron chi connectivity index (χ2n) is 19.9. The third-order valence-corrected chi connectivity index (χ3v) is 14.0. The summed E-state index contributed by atoms with van der Waals surface area (Å²) in [5.74, 6) is -0.257. The van der Waals surface area contributed by atoms with Crippen molar-refractivity contribution in [1.29, 1.82) is 0 Å². The average Bonchev–Trinajstić information content (AvgIpc) is 3.30. The van der Waals surface area contributed by atoms with Crippen LogP contribution in [0.3, 0.4) is 0 Å². The van der Waals surface area contributed by atoms with Gasteiger partial charge in [-0.15, -0.1) is 0 Å². The molecule has 0 aromatic carbocycles. The van der Waals surface area contributed by atoms with E-state index in [0.29, 0.717) is 6.42 Å². The zero-order chi connectivity index (χ0) is 49.1. The molecule has 0 radical (unpaired) electrons. The molecule has 1 amide bonds. The first-order valence-electron chi connectivity index (χ1n) is 28.1. The predicted octanol–water partition coefficient (Wildman–Crippen LogP) is 12.7. The van der Waals surface area contributed by atoms with Crippen LogP contribution in [-0.2, 0) is 28.9 Å². The lowest BCUT2D eigenvalue weighted by atomic mass is 9.99. The summed E-state index contributed by atoms with van der Waals surface area (Å²) in [6, 6.07) is -0.939. The topological polar surface area (TPSA) is 192 Å². The first-order valence-corrected chi connectivity index (χ1v) is 29.4. The lowest BCUT2D eigenvalue weighted by Gasteiger charge is -2.41. The van der Waals surface area contributed by atoms with Gasteiger partial charge in [0.1, 0.15) is 24.4 Å². The van der Waals surface area contributed by atoms with E-state index in [-0.39, 0.29) is 18.9 Å². The molecule has 7 unspecified atom stereocenters. The van der Waals surface area contributed by atoms with E-state index in [2.05, 4.69) is 23.3 Å². The molecular weight excluding hydrogens is 871 g/mol. The van der Waals surface area contributed by atoms with Crippen molar-refractivity contribution in [2.24, 2.45) is 0 Å². The van der Waals surface area contributed by atoms with Gasteiger partial charge in [-0.25, -0.2) is 4.18 Å². The van der Waals surface area contributed by atoms with Gasteiger partial charge in [0.05, 0.1) is 25.4 Å². The van der Waals surface area contributed by atoms with Crippen LogP contribution in [0.4, 0.5) is 0 Å². The van der Waals surface area contributed by atoms with E-state index < -0.39 is 59.9 Å². The molecule has 0 aliphatic carbocycles. The average molecular weight is 976 g/mol. The lowest BCUT2D eigenvalue weighted by molar-refractivity contribution is -0.298. The summed E-state index contributed by atoms with van der Waals surface area (Å²) in [6.07, 6.45) is 43.9. The third kappa shape index (κ3) is 37.3. The van der Waals surface area contributed by atoms with Crippen molar-refractivity contribution in [3.8, 4) is 0 Å². The summed E-state index contributed by atoms with van der Waals surface area (Å²) in [7, 11) is -5.09. The van der Waals surface area contributed by atoms with Gasteiger partial charge < -0.3 is 35.2 Å². The number of carbonyl (C=O) groups is 1. The summed E-state index contributed by atoms with van der Waals surface area (Å²) in [6.45, 7) is 3.43. The molecule has 12 nitrogen and oxygen atoms in total. The Morgan fingerprint density at radius 2 is 0.940 bits per heavy atom. The van der Waals surface area contributed by atoms with E-state index in [1.165, 1.54) is 205 Å². The number of carbonyl (C=O) groups excluding carboxylic acids is 1. The summed E-state index contributed by atoms with van der Waals surface area (Å²) in [5.41, 5.74) is 0. The maximum Gasteiger partial charge on any atom is 0.397 e. The molecule has 0 saturated carbocycles. The molecule has 1 aliphatic heterocycles. The summed E-state index contributed by atoms with van der Waals surface area (Å²) in [5, 5.41) is 44.9. The highest BCUT2D eigenvalue weighted by atomic mass is 32.3. The molecule has 1 heterocycles. The van der Waals surface area contributed by atoms with Gasteiger partial charge in [-0.1, -0.05) is 257 Å². The number of aliphatic hydroxyl groups is 4. The van der Waals surface area contributed by atoms with E-state index in [4.69, 9.17) is 9.47 Å². The van der Waals surface area contributed by atoms with Crippen LogP contribution in [0.2, 0.25) is 0 Å². The molecule has 7 atom stereocenters. The molecule has 0 aromatic rings. The quantitative estimate of drug-likeness (QED) is 0.0193. The first kappa shape index (κ1) is 63.9. The van der Waals surface area contributed by atoms with Crippen molar-refractivity contribution in [2.45, 2.75) is 314 Å². The van der Waals surface area contributed by atoms with Crippen molar-refractivity contribution < 1.29 is 51.8 Å². The van der Waals surface area contributed by atoms with Gasteiger partial charge in [0.25, 0.3) is 0 Å². The Morgan fingerprint density at radius 1 is 0.582 bits per heavy atom. The smallest absolute Gasteiger partial charge is 0.394 e. The van der Waals surface area contributed by atoms with E-state index in [0.717, 1.165) is 38.5 Å². The standard InChI is InChI=1S/C54H105NO11S/c1-3-5-7-9-11-13-15-17-19-21-23-24-25-26-27-29-31-33-35-37-39-41-43-48(57)47(46-64-54-52(60)53(66-67(61,62)63)51(59)49(45-56)65-54)55-50(58)44-42-40-38-36-34-32-30-28-22-20-18-16-14-12-10-8-6-4-2/h41,43,47-49,51-54,56-57,59-60H,3-40,42,44-46H2,1-2H3,(H,55,58)(H,61,62,63)/b43-41+. The van der Waals surface area contributed by atoms with E-state index in [9.17, 15) is 38.2 Å². The molecule has 13 heteroatoms. The van der Waals surface area contributed by atoms with Crippen molar-refractivity contribution in [3.05, 3.63) is 12.2 Å². The van der Waals surface area contributed by atoms with E-state index in [1.54, 1.807) is 6.08 Å². The van der Waals surface area contributed by atoms with Gasteiger partial charge >= 0.3 is 10.4 Å². The van der Waals surface area contributed by atoms with Gasteiger partial charge in [0, 0.05) is 6.42 Å². The number of allylic oxidation sites excluding steroid dienone is 1. The molecule has 0 spiro atoms. The van der Waals surface area contributed by atoms with Gasteiger partial charge in [-0.3, -0.25) is 9.35 Å². The van der Waals surface area contributed by atoms with Crippen LogP contribution in [0.5, 0.6) is 0 Å². The fourth-order valence-electron chi connectivity index (χ4n) is 9.22. The van der Waals surface area contributed by atoms with Crippen molar-refractivity contribution in [1.82, 2.24) is 5.32 Å². The third-order valence-electron chi connectivity index (χ3n) is 13.6. The second kappa shape index (κ2) is 44.8. The largest absolute Gasteiger partial charge is 0.397 e. The minimum Gasteiger partial charge on any atom is -0.394 e. The molecule has 1 rings (SSSR count). The summed E-state index contributed by atoms with van der Waals surface area (Å²) < 4.78 is 47.8. The second-order valence-corrected chi connectivity index (χ2v) is 20.9. The van der Waals surface area contributed by atoms with Gasteiger partial charge in [0.2, 0.25) is 5.91 Å². The molecule has 67 heavy (non-hydrogen) atoms. The van der Waals surface area contributed by atoms with Crippen LogP contribution in [0.25, 0.3) is 0 Å². The first-order chi connectivity index (χ1) is 32.5. The highest BCUT2D eigenvalue weighted by molar-refractivity contribution is 7.80. The number of ether oxygens (including phenoxy) is 2. The number of hydrogen-bond donors (Lipinski definition) is 6. The molecule has 1 saturated heterocycles. The molecule has 398 valence electrons. The fraction of sp³-hybridized carbons (Fsp3) is 0.944. The van der Waals surface area contributed by atoms with Crippen molar-refractivity contribution >= 4 is 16.3 Å². The zero-order valence-electron chi connectivity index (χ0n) is 43.0. The minimum atomic E-state index is -5.09. The molecular formula is C54H105NO11S. The Morgan fingerprint density at radius 3 is 1.30 bits per heavy atom. The minimum absolute atomic E-state index is 0.257. The number of aliphatic hydroxyl groups excluding tert-OH is 4. The Labute approximate surface area is 410 Å². The normalized spacial score (nSPS) is 19.9. The van der Waals surface area contributed by atoms with Crippen molar-refractivity contribution in [2.75, 3.05) is 13.2 Å². The predicted molar refractivity (Wildman–Crippen MR) is 273 cm³/mol. The zero-order valence-corrected chi connectivity index (χ0v) is 43.8. The maximum atomic E-state index is 13.1. The van der Waals surface area contributed by atoms with Crippen molar-refractivity contribution in [3.63, 3.8) is 0 Å². The van der Waals surface area contributed by atoms with Crippen LogP contribution in [0.15, 0.2) is 12.2 Å². The summed E-state index contributed by atoms with van der Waals surface area (Å²) in [4.78, 5) is 13.1. The lowest BCUT2D eigenvalue weighted by Crippen LogP contribution is -2.61. The van der Waals surface area contributed by atoms with E-state index in [1.807, 2.05) is 6.08 Å². The van der Waals surface area contributed by atoms with Crippen LogP contribution < -0.4 is 5.32 Å².